The van der Waals surface area contributed by atoms with Gasteiger partial charge in [0.25, 0.3) is 0 Å². The Bertz CT molecular complexity index is 970. The van der Waals surface area contributed by atoms with Crippen molar-refractivity contribution >= 4 is 40.8 Å². The van der Waals surface area contributed by atoms with Gasteiger partial charge in [-0.1, -0.05) is 29.3 Å². The number of halogens is 2. The fourth-order valence-corrected chi connectivity index (χ4v) is 5.43. The molecule has 178 valence electrons. The smallest absolute Gasteiger partial charge is 0.303 e. The van der Waals surface area contributed by atoms with Gasteiger partial charge in [-0.3, -0.25) is 9.78 Å². The fraction of sp³-hybridized carbons (Fsp3) is 0.542. The van der Waals surface area contributed by atoms with Crippen molar-refractivity contribution in [1.29, 1.82) is 0 Å². The fourth-order valence-electron chi connectivity index (χ4n) is 4.86. The lowest BCUT2D eigenvalue weighted by Gasteiger charge is -2.47. The minimum atomic E-state index is -0.707. The first-order chi connectivity index (χ1) is 15.9. The van der Waals surface area contributed by atoms with E-state index < -0.39 is 5.97 Å². The van der Waals surface area contributed by atoms with Crippen LogP contribution in [-0.2, 0) is 4.79 Å². The van der Waals surface area contributed by atoms with Crippen LogP contribution in [0.3, 0.4) is 0 Å². The zero-order valence-electron chi connectivity index (χ0n) is 18.9. The number of carbonyl (C=O) groups is 1. The van der Waals surface area contributed by atoms with E-state index >= 15 is 0 Å². The number of anilines is 2. The molecule has 0 bridgehead atoms. The van der Waals surface area contributed by atoms with Crippen LogP contribution < -0.4 is 10.2 Å². The molecule has 4 rings (SSSR count). The summed E-state index contributed by atoms with van der Waals surface area (Å²) in [5.41, 5.74) is 0.961. The molecule has 2 saturated heterocycles. The highest BCUT2D eigenvalue weighted by atomic mass is 35.5. The summed E-state index contributed by atoms with van der Waals surface area (Å²) >= 11 is 12.4. The summed E-state index contributed by atoms with van der Waals surface area (Å²) in [7, 11) is 0. The monoisotopic (exact) mass is 491 g/mol. The van der Waals surface area contributed by atoms with Crippen molar-refractivity contribution in [2.75, 3.05) is 42.9 Å². The molecule has 1 aromatic carbocycles. The molecule has 9 heteroatoms. The van der Waals surface area contributed by atoms with Gasteiger partial charge in [-0.05, 0) is 68.8 Å². The number of hydrogen-bond acceptors (Lipinski definition) is 6. The SMILES string of the molecule is C[C@@H](Nc1cncc(N2CC([C@@H]3CCCN(CCCC(=O)O)C3)C2)n1)c1ccc(Cl)cc1Cl. The Hall–Kier alpha value is -2.09. The summed E-state index contributed by atoms with van der Waals surface area (Å²) in [6.45, 7) is 7.06. The van der Waals surface area contributed by atoms with E-state index in [9.17, 15) is 4.79 Å². The molecule has 2 aliphatic heterocycles. The molecule has 0 aliphatic carbocycles. The van der Waals surface area contributed by atoms with Gasteiger partial charge < -0.3 is 20.2 Å². The Morgan fingerprint density at radius 3 is 2.82 bits per heavy atom. The number of nitrogens with zero attached hydrogens (tertiary/aromatic N) is 4. The predicted molar refractivity (Wildman–Crippen MR) is 132 cm³/mol. The van der Waals surface area contributed by atoms with Gasteiger partial charge in [0.05, 0.1) is 18.4 Å². The van der Waals surface area contributed by atoms with Crippen molar-refractivity contribution in [3.05, 3.63) is 46.2 Å². The summed E-state index contributed by atoms with van der Waals surface area (Å²) in [6.07, 6.45) is 6.98. The second-order valence-electron chi connectivity index (χ2n) is 9.16. The van der Waals surface area contributed by atoms with Crippen molar-refractivity contribution < 1.29 is 9.90 Å². The second-order valence-corrected chi connectivity index (χ2v) is 10.0. The van der Waals surface area contributed by atoms with E-state index in [1.54, 1.807) is 12.3 Å². The number of aliphatic carboxylic acids is 1. The average Bonchev–Trinajstić information content (AvgIpc) is 2.73. The number of carboxylic acids is 1. The molecule has 3 heterocycles. The first-order valence-electron chi connectivity index (χ1n) is 11.6. The maximum Gasteiger partial charge on any atom is 0.303 e. The zero-order chi connectivity index (χ0) is 23.4. The minimum absolute atomic E-state index is 0.0298. The Labute approximate surface area is 205 Å². The number of nitrogens with one attached hydrogen (secondary N) is 1. The largest absolute Gasteiger partial charge is 0.481 e. The topological polar surface area (TPSA) is 81.6 Å². The highest BCUT2D eigenvalue weighted by Crippen LogP contribution is 2.34. The van der Waals surface area contributed by atoms with E-state index in [1.807, 2.05) is 25.3 Å². The Morgan fingerprint density at radius 2 is 2.06 bits per heavy atom. The molecule has 2 aliphatic rings. The summed E-state index contributed by atoms with van der Waals surface area (Å²) < 4.78 is 0. The van der Waals surface area contributed by atoms with E-state index in [0.717, 1.165) is 56.3 Å². The van der Waals surface area contributed by atoms with Gasteiger partial charge in [0, 0.05) is 36.1 Å². The first-order valence-corrected chi connectivity index (χ1v) is 12.4. The van der Waals surface area contributed by atoms with E-state index in [2.05, 4.69) is 20.1 Å². The maximum absolute atomic E-state index is 10.8. The number of carboxylic acid groups (broad SMARTS) is 1. The molecular weight excluding hydrogens is 461 g/mol. The average molecular weight is 492 g/mol. The van der Waals surface area contributed by atoms with E-state index in [-0.39, 0.29) is 12.5 Å². The molecule has 7 nitrogen and oxygen atoms in total. The highest BCUT2D eigenvalue weighted by Gasteiger charge is 2.36. The highest BCUT2D eigenvalue weighted by molar-refractivity contribution is 6.35. The minimum Gasteiger partial charge on any atom is -0.481 e. The molecule has 2 fully saturated rings. The summed E-state index contributed by atoms with van der Waals surface area (Å²) in [4.78, 5) is 24.7. The predicted octanol–water partition coefficient (Wildman–Crippen LogP) is 4.97. The summed E-state index contributed by atoms with van der Waals surface area (Å²) in [5.74, 6) is 2.22. The molecule has 0 spiro atoms. The Kier molecular flexibility index (Phi) is 7.94. The Morgan fingerprint density at radius 1 is 1.24 bits per heavy atom. The van der Waals surface area contributed by atoms with Gasteiger partial charge in [-0.2, -0.15) is 0 Å². The molecule has 0 amide bonds. The molecule has 33 heavy (non-hydrogen) atoms. The van der Waals surface area contributed by atoms with Crippen LogP contribution in [0, 0.1) is 11.8 Å². The normalized spacial score (nSPS) is 20.3. The van der Waals surface area contributed by atoms with Gasteiger partial charge >= 0.3 is 5.97 Å². The van der Waals surface area contributed by atoms with Crippen LogP contribution in [0.25, 0.3) is 0 Å². The summed E-state index contributed by atoms with van der Waals surface area (Å²) in [6, 6.07) is 5.48. The van der Waals surface area contributed by atoms with E-state index in [0.29, 0.717) is 21.9 Å². The number of likely N-dealkylation sites (tertiary alicyclic amines) is 1. The van der Waals surface area contributed by atoms with Crippen LogP contribution in [0.1, 0.15) is 44.2 Å². The van der Waals surface area contributed by atoms with Crippen LogP contribution in [-0.4, -0.2) is 58.7 Å². The third-order valence-corrected chi connectivity index (χ3v) is 7.29. The number of benzene rings is 1. The van der Waals surface area contributed by atoms with Crippen molar-refractivity contribution in [3.63, 3.8) is 0 Å². The number of rotatable bonds is 9. The van der Waals surface area contributed by atoms with Crippen LogP contribution in [0.4, 0.5) is 11.6 Å². The molecule has 0 radical (unpaired) electrons. The lowest BCUT2D eigenvalue weighted by molar-refractivity contribution is -0.137. The third kappa shape index (κ3) is 6.28. The van der Waals surface area contributed by atoms with Crippen LogP contribution in [0.15, 0.2) is 30.6 Å². The number of hydrogen-bond donors (Lipinski definition) is 2. The number of aromatic nitrogens is 2. The number of piperidine rings is 1. The van der Waals surface area contributed by atoms with E-state index in [1.165, 1.54) is 12.8 Å². The van der Waals surface area contributed by atoms with E-state index in [4.69, 9.17) is 33.3 Å². The van der Waals surface area contributed by atoms with Crippen LogP contribution >= 0.6 is 23.2 Å². The van der Waals surface area contributed by atoms with Gasteiger partial charge in [-0.15, -0.1) is 0 Å². The van der Waals surface area contributed by atoms with Crippen molar-refractivity contribution in [2.24, 2.45) is 11.8 Å². The quantitative estimate of drug-likeness (QED) is 0.512. The molecule has 2 aromatic rings. The molecule has 0 unspecified atom stereocenters. The standard InChI is InChI=1S/C24H31Cl2N5O2/c1-16(20-7-6-19(25)10-21(20)26)28-22-11-27-12-23(29-22)31-14-18(15-31)17-4-2-8-30(13-17)9-3-5-24(32)33/h6-7,10-12,16-18H,2-5,8-9,13-15H2,1H3,(H,28,29)(H,32,33)/t16-,17-/m1/s1. The zero-order valence-corrected chi connectivity index (χ0v) is 20.4. The Balaban J connectivity index is 1.29. The van der Waals surface area contributed by atoms with Gasteiger partial charge in [-0.25, -0.2) is 4.98 Å². The van der Waals surface area contributed by atoms with Crippen LogP contribution in [0.5, 0.6) is 0 Å². The first kappa shape index (κ1) is 24.0. The molecule has 2 atom stereocenters. The van der Waals surface area contributed by atoms with Crippen molar-refractivity contribution in [2.45, 2.75) is 38.6 Å². The van der Waals surface area contributed by atoms with Gasteiger partial charge in [0.1, 0.15) is 11.6 Å². The molecule has 1 aromatic heterocycles. The van der Waals surface area contributed by atoms with Crippen molar-refractivity contribution in [3.8, 4) is 0 Å². The second kappa shape index (κ2) is 10.9. The van der Waals surface area contributed by atoms with Gasteiger partial charge in [0.15, 0.2) is 0 Å². The van der Waals surface area contributed by atoms with Gasteiger partial charge in [0.2, 0.25) is 0 Å². The maximum atomic E-state index is 10.8. The third-order valence-electron chi connectivity index (χ3n) is 6.72. The lowest BCUT2D eigenvalue weighted by atomic mass is 9.80. The lowest BCUT2D eigenvalue weighted by Crippen LogP contribution is -2.54. The molecule has 2 N–H and O–H groups in total. The molecular formula is C24H31Cl2N5O2. The summed E-state index contributed by atoms with van der Waals surface area (Å²) in [5, 5.41) is 13.5. The van der Waals surface area contributed by atoms with Crippen molar-refractivity contribution in [1.82, 2.24) is 14.9 Å². The van der Waals surface area contributed by atoms with Crippen LogP contribution in [0.2, 0.25) is 10.0 Å². The molecule has 0 saturated carbocycles.